The molecule has 0 aliphatic heterocycles. The molecule has 4 nitrogen and oxygen atoms in total. The molecule has 2 rings (SSSR count). The molecule has 0 saturated heterocycles. The van der Waals surface area contributed by atoms with Crippen molar-refractivity contribution in [3.8, 4) is 11.8 Å². The Labute approximate surface area is 161 Å². The smallest absolute Gasteiger partial charge is 0.263 e. The lowest BCUT2D eigenvalue weighted by Crippen LogP contribution is -2.42. The number of para-hydroxylation sites is 1. The van der Waals surface area contributed by atoms with E-state index in [2.05, 4.69) is 22.0 Å². The summed E-state index contributed by atoms with van der Waals surface area (Å²) in [6.45, 7) is 3.85. The van der Waals surface area contributed by atoms with Crippen LogP contribution < -0.4 is 4.74 Å². The lowest BCUT2D eigenvalue weighted by atomic mass is 10.1. The summed E-state index contributed by atoms with van der Waals surface area (Å²) in [6.07, 6.45) is -0.773. The van der Waals surface area contributed by atoms with Crippen molar-refractivity contribution in [1.29, 1.82) is 5.26 Å². The number of nitriles is 1. The third-order valence-electron chi connectivity index (χ3n) is 3.90. The number of hydrogen-bond acceptors (Lipinski definition) is 3. The topological polar surface area (TPSA) is 53.3 Å². The lowest BCUT2D eigenvalue weighted by Gasteiger charge is -2.27. The van der Waals surface area contributed by atoms with Gasteiger partial charge in [0.2, 0.25) is 0 Å². The predicted molar refractivity (Wildman–Crippen MR) is 101 cm³/mol. The van der Waals surface area contributed by atoms with Gasteiger partial charge in [-0.2, -0.15) is 5.26 Å². The molecular formula is C20H20BrFN2O2. The Hall–Kier alpha value is -2.39. The van der Waals surface area contributed by atoms with Gasteiger partial charge in [-0.1, -0.05) is 41.9 Å². The molecule has 0 heterocycles. The largest absolute Gasteiger partial charge is 0.479 e. The summed E-state index contributed by atoms with van der Waals surface area (Å²) in [5, 5.41) is 9.20. The van der Waals surface area contributed by atoms with Gasteiger partial charge in [-0.05, 0) is 36.2 Å². The van der Waals surface area contributed by atoms with Crippen LogP contribution in [0.4, 0.5) is 4.39 Å². The van der Waals surface area contributed by atoms with Gasteiger partial charge in [-0.15, -0.1) is 0 Å². The van der Waals surface area contributed by atoms with Gasteiger partial charge in [0.15, 0.2) is 6.10 Å². The van der Waals surface area contributed by atoms with Gasteiger partial charge in [0.05, 0.1) is 5.56 Å². The van der Waals surface area contributed by atoms with E-state index in [1.807, 2.05) is 13.8 Å². The molecule has 0 bridgehead atoms. The summed E-state index contributed by atoms with van der Waals surface area (Å²) in [5.74, 6) is -0.398. The maximum absolute atomic E-state index is 14.0. The molecule has 26 heavy (non-hydrogen) atoms. The van der Waals surface area contributed by atoms with Gasteiger partial charge in [-0.25, -0.2) is 4.39 Å². The first-order chi connectivity index (χ1) is 12.3. The van der Waals surface area contributed by atoms with Crippen LogP contribution >= 0.6 is 15.9 Å². The van der Waals surface area contributed by atoms with E-state index < -0.39 is 6.10 Å². The summed E-state index contributed by atoms with van der Waals surface area (Å²) in [5.41, 5.74) is 0.779. The van der Waals surface area contributed by atoms with Crippen molar-refractivity contribution >= 4 is 21.8 Å². The first-order valence-corrected chi connectivity index (χ1v) is 8.97. The van der Waals surface area contributed by atoms with E-state index >= 15 is 0 Å². The average molecular weight is 419 g/mol. The van der Waals surface area contributed by atoms with Gasteiger partial charge in [0.1, 0.15) is 17.6 Å². The minimum atomic E-state index is -0.773. The van der Waals surface area contributed by atoms with E-state index in [0.717, 1.165) is 4.47 Å². The summed E-state index contributed by atoms with van der Waals surface area (Å²) < 4.78 is 20.6. The number of nitrogens with zero attached hydrogens (tertiary/aromatic N) is 2. The van der Waals surface area contributed by atoms with Crippen molar-refractivity contribution in [2.45, 2.75) is 26.5 Å². The second-order valence-corrected chi connectivity index (χ2v) is 7.24. The van der Waals surface area contributed by atoms with Crippen molar-refractivity contribution in [3.63, 3.8) is 0 Å². The molecule has 0 spiro atoms. The minimum absolute atomic E-state index is 0.121. The van der Waals surface area contributed by atoms with E-state index in [1.54, 1.807) is 43.4 Å². The first-order valence-electron chi connectivity index (χ1n) is 8.18. The number of rotatable bonds is 6. The lowest BCUT2D eigenvalue weighted by molar-refractivity contribution is -0.139. The SMILES string of the molecule is CC(C)C(Oc1ccccc1C#N)C(=O)N(C)Cc1cc(Br)ccc1F. The zero-order chi connectivity index (χ0) is 19.3. The Balaban J connectivity index is 2.20. The second kappa shape index (κ2) is 8.81. The molecule has 2 aromatic rings. The number of hydrogen-bond donors (Lipinski definition) is 0. The molecule has 1 amide bonds. The monoisotopic (exact) mass is 418 g/mol. The maximum atomic E-state index is 14.0. The van der Waals surface area contributed by atoms with Gasteiger partial charge < -0.3 is 9.64 Å². The molecular weight excluding hydrogens is 399 g/mol. The zero-order valence-electron chi connectivity index (χ0n) is 14.9. The predicted octanol–water partition coefficient (Wildman–Crippen LogP) is 4.52. The van der Waals surface area contributed by atoms with Crippen molar-refractivity contribution in [3.05, 3.63) is 63.9 Å². The van der Waals surface area contributed by atoms with Crippen LogP contribution in [-0.2, 0) is 11.3 Å². The van der Waals surface area contributed by atoms with Crippen molar-refractivity contribution in [2.24, 2.45) is 5.92 Å². The van der Waals surface area contributed by atoms with Crippen LogP contribution in [-0.4, -0.2) is 24.0 Å². The number of halogens is 2. The number of benzene rings is 2. The standard InChI is InChI=1S/C20H20BrFN2O2/c1-13(2)19(26-18-7-5-4-6-14(18)11-23)20(25)24(3)12-15-10-16(21)8-9-17(15)22/h4-10,13,19H,12H2,1-3H3. The third-order valence-corrected chi connectivity index (χ3v) is 4.40. The summed E-state index contributed by atoms with van der Waals surface area (Å²) in [4.78, 5) is 14.3. The molecule has 0 aromatic heterocycles. The highest BCUT2D eigenvalue weighted by Gasteiger charge is 2.28. The molecule has 2 aromatic carbocycles. The van der Waals surface area contributed by atoms with E-state index in [1.165, 1.54) is 11.0 Å². The Morgan fingerprint density at radius 2 is 2.00 bits per heavy atom. The number of ether oxygens (including phenoxy) is 1. The number of likely N-dealkylation sites (N-methyl/N-ethyl adjacent to an activating group) is 1. The van der Waals surface area contributed by atoms with E-state index in [9.17, 15) is 14.4 Å². The number of amides is 1. The van der Waals surface area contributed by atoms with Crippen molar-refractivity contribution in [1.82, 2.24) is 4.90 Å². The molecule has 1 atom stereocenters. The van der Waals surface area contributed by atoms with Crippen LogP contribution in [0.2, 0.25) is 0 Å². The summed E-state index contributed by atoms with van der Waals surface area (Å²) >= 11 is 3.31. The highest BCUT2D eigenvalue weighted by molar-refractivity contribution is 9.10. The van der Waals surface area contributed by atoms with Crippen LogP contribution in [0, 0.1) is 23.1 Å². The Bertz CT molecular complexity index is 833. The molecule has 0 radical (unpaired) electrons. The van der Waals surface area contributed by atoms with Crippen LogP contribution in [0.3, 0.4) is 0 Å². The highest BCUT2D eigenvalue weighted by Crippen LogP contribution is 2.23. The molecule has 1 unspecified atom stereocenters. The van der Waals surface area contributed by atoms with Crippen LogP contribution in [0.15, 0.2) is 46.9 Å². The highest BCUT2D eigenvalue weighted by atomic mass is 79.9. The Morgan fingerprint density at radius 1 is 1.31 bits per heavy atom. The molecule has 0 aliphatic rings. The maximum Gasteiger partial charge on any atom is 0.263 e. The molecule has 0 N–H and O–H groups in total. The number of carbonyl (C=O) groups excluding carboxylic acids is 1. The number of carbonyl (C=O) groups is 1. The van der Waals surface area contributed by atoms with Gasteiger partial charge >= 0.3 is 0 Å². The molecule has 0 aliphatic carbocycles. The molecule has 136 valence electrons. The van der Waals surface area contributed by atoms with Gasteiger partial charge in [-0.3, -0.25) is 4.79 Å². The van der Waals surface area contributed by atoms with Crippen molar-refractivity contribution in [2.75, 3.05) is 7.05 Å². The van der Waals surface area contributed by atoms with Crippen molar-refractivity contribution < 1.29 is 13.9 Å². The summed E-state index contributed by atoms with van der Waals surface area (Å²) in [6, 6.07) is 13.5. The molecule has 6 heteroatoms. The third kappa shape index (κ3) is 4.83. The van der Waals surface area contributed by atoms with Crippen LogP contribution in [0.1, 0.15) is 25.0 Å². The summed E-state index contributed by atoms with van der Waals surface area (Å²) in [7, 11) is 1.61. The van der Waals surface area contributed by atoms with Gasteiger partial charge in [0.25, 0.3) is 5.91 Å². The van der Waals surface area contributed by atoms with Crippen LogP contribution in [0.25, 0.3) is 0 Å². The fourth-order valence-corrected chi connectivity index (χ4v) is 2.89. The fraction of sp³-hybridized carbons (Fsp3) is 0.300. The molecule has 0 fully saturated rings. The van der Waals surface area contributed by atoms with Crippen LogP contribution in [0.5, 0.6) is 5.75 Å². The quantitative estimate of drug-likeness (QED) is 0.692. The zero-order valence-corrected chi connectivity index (χ0v) is 16.5. The second-order valence-electron chi connectivity index (χ2n) is 6.32. The van der Waals surface area contributed by atoms with Gasteiger partial charge in [0, 0.05) is 23.6 Å². The minimum Gasteiger partial charge on any atom is -0.479 e. The Morgan fingerprint density at radius 3 is 2.65 bits per heavy atom. The molecule has 0 saturated carbocycles. The van der Waals surface area contributed by atoms with E-state index in [-0.39, 0.29) is 24.2 Å². The van der Waals surface area contributed by atoms with E-state index in [0.29, 0.717) is 16.9 Å². The Kier molecular flexibility index (Phi) is 6.76. The normalized spacial score (nSPS) is 11.7. The fourth-order valence-electron chi connectivity index (χ4n) is 2.49. The van der Waals surface area contributed by atoms with E-state index in [4.69, 9.17) is 4.74 Å². The first kappa shape index (κ1) is 19.9. The average Bonchev–Trinajstić information content (AvgIpc) is 2.62.